The molecule has 0 aliphatic carbocycles. The molecule has 1 amide bonds. The van der Waals surface area contributed by atoms with Crippen LogP contribution in [0.15, 0.2) is 54.9 Å². The molecule has 0 saturated carbocycles. The summed E-state index contributed by atoms with van der Waals surface area (Å²) in [7, 11) is 1.63. The number of carbonyl (C=O) groups is 1. The lowest BCUT2D eigenvalue weighted by Crippen LogP contribution is -2.49. The van der Waals surface area contributed by atoms with Crippen LogP contribution < -0.4 is 14.4 Å². The highest BCUT2D eigenvalue weighted by molar-refractivity contribution is 5.97. The fraction of sp³-hybridized carbons (Fsp3) is 0.292. The summed E-state index contributed by atoms with van der Waals surface area (Å²) in [6.45, 7) is 4.81. The Labute approximate surface area is 196 Å². The van der Waals surface area contributed by atoms with Gasteiger partial charge in [-0.15, -0.1) is 5.10 Å². The van der Waals surface area contributed by atoms with Gasteiger partial charge in [-0.2, -0.15) is 4.68 Å². The number of benzene rings is 2. The topological polar surface area (TPSA) is 98.5 Å². The molecule has 1 fully saturated rings. The van der Waals surface area contributed by atoms with Crippen LogP contribution in [0.2, 0.25) is 0 Å². The van der Waals surface area contributed by atoms with Crippen molar-refractivity contribution in [3.8, 4) is 17.2 Å². The van der Waals surface area contributed by atoms with E-state index >= 15 is 0 Å². The largest absolute Gasteiger partial charge is 0.497 e. The van der Waals surface area contributed by atoms with Crippen molar-refractivity contribution >= 4 is 22.9 Å². The SMILES string of the molecule is CCOc1ccccc1C(=O)N1CCN(c2ncnc3c2nnn3-c2ccc(OC)cc2)CC1. The second-order valence-corrected chi connectivity index (χ2v) is 7.78. The number of methoxy groups -OCH3 is 1. The quantitative estimate of drug-likeness (QED) is 0.434. The van der Waals surface area contributed by atoms with Crippen LogP contribution in [0.1, 0.15) is 17.3 Å². The summed E-state index contributed by atoms with van der Waals surface area (Å²) in [6.07, 6.45) is 1.52. The van der Waals surface area contributed by atoms with Crippen molar-refractivity contribution in [3.05, 3.63) is 60.4 Å². The van der Waals surface area contributed by atoms with Crippen molar-refractivity contribution in [2.24, 2.45) is 0 Å². The summed E-state index contributed by atoms with van der Waals surface area (Å²) >= 11 is 0. The highest BCUT2D eigenvalue weighted by atomic mass is 16.5. The minimum absolute atomic E-state index is 0.0259. The van der Waals surface area contributed by atoms with Gasteiger partial charge in [0.2, 0.25) is 0 Å². The number of piperazine rings is 1. The van der Waals surface area contributed by atoms with Gasteiger partial charge < -0.3 is 19.3 Å². The number of ether oxygens (including phenoxy) is 2. The van der Waals surface area contributed by atoms with Crippen molar-refractivity contribution in [2.75, 3.05) is 44.8 Å². The Hall–Kier alpha value is -4.21. The van der Waals surface area contributed by atoms with Crippen LogP contribution in [0.4, 0.5) is 5.82 Å². The van der Waals surface area contributed by atoms with Gasteiger partial charge in [-0.25, -0.2) is 9.97 Å². The van der Waals surface area contributed by atoms with Crippen LogP contribution in [0.5, 0.6) is 11.5 Å². The number of carbonyl (C=O) groups excluding carboxylic acids is 1. The molecule has 34 heavy (non-hydrogen) atoms. The van der Waals surface area contributed by atoms with Crippen LogP contribution >= 0.6 is 0 Å². The first kappa shape index (κ1) is 21.6. The normalized spacial score (nSPS) is 13.8. The van der Waals surface area contributed by atoms with E-state index in [0.717, 1.165) is 11.4 Å². The summed E-state index contributed by atoms with van der Waals surface area (Å²) in [5.41, 5.74) is 2.67. The zero-order valence-corrected chi connectivity index (χ0v) is 19.1. The zero-order chi connectivity index (χ0) is 23.5. The molecule has 5 rings (SSSR count). The minimum Gasteiger partial charge on any atom is -0.497 e. The highest BCUT2D eigenvalue weighted by Gasteiger charge is 2.26. The molecule has 1 aliphatic rings. The van der Waals surface area contributed by atoms with Gasteiger partial charge in [0.05, 0.1) is 25.0 Å². The molecule has 1 aliphatic heterocycles. The Bertz CT molecular complexity index is 1300. The Morgan fingerprint density at radius 1 is 1.00 bits per heavy atom. The first-order valence-electron chi connectivity index (χ1n) is 11.2. The van der Waals surface area contributed by atoms with Gasteiger partial charge in [0.25, 0.3) is 5.91 Å². The molecule has 2 aromatic heterocycles. The number of amides is 1. The van der Waals surface area contributed by atoms with E-state index in [-0.39, 0.29) is 5.91 Å². The Balaban J connectivity index is 1.34. The molecule has 0 N–H and O–H groups in total. The molecule has 0 spiro atoms. The van der Waals surface area contributed by atoms with E-state index in [9.17, 15) is 4.79 Å². The summed E-state index contributed by atoms with van der Waals surface area (Å²) in [5.74, 6) is 2.07. The summed E-state index contributed by atoms with van der Waals surface area (Å²) in [5, 5.41) is 8.67. The molecular formula is C24H25N7O3. The summed E-state index contributed by atoms with van der Waals surface area (Å²) in [4.78, 5) is 26.0. The average Bonchev–Trinajstić information content (AvgIpc) is 3.33. The van der Waals surface area contributed by atoms with E-state index < -0.39 is 0 Å². The van der Waals surface area contributed by atoms with Crippen LogP contribution in [0.3, 0.4) is 0 Å². The van der Waals surface area contributed by atoms with Gasteiger partial charge in [0.15, 0.2) is 17.0 Å². The third kappa shape index (κ3) is 3.98. The maximum Gasteiger partial charge on any atom is 0.257 e. The van der Waals surface area contributed by atoms with Crippen LogP contribution in [0, 0.1) is 0 Å². The summed E-state index contributed by atoms with van der Waals surface area (Å²) in [6, 6.07) is 14.9. The lowest BCUT2D eigenvalue weighted by molar-refractivity contribution is 0.0742. The monoisotopic (exact) mass is 459 g/mol. The molecule has 0 atom stereocenters. The number of para-hydroxylation sites is 1. The van der Waals surface area contributed by atoms with E-state index in [1.54, 1.807) is 11.8 Å². The van der Waals surface area contributed by atoms with Crippen LogP contribution in [-0.2, 0) is 0 Å². The molecule has 4 aromatic rings. The molecule has 0 radical (unpaired) electrons. The van der Waals surface area contributed by atoms with E-state index in [1.807, 2.05) is 60.4 Å². The predicted molar refractivity (Wildman–Crippen MR) is 127 cm³/mol. The van der Waals surface area contributed by atoms with Crippen molar-refractivity contribution in [1.82, 2.24) is 29.9 Å². The van der Waals surface area contributed by atoms with Gasteiger partial charge in [-0.05, 0) is 43.3 Å². The van der Waals surface area contributed by atoms with Gasteiger partial charge >= 0.3 is 0 Å². The average molecular weight is 460 g/mol. The van der Waals surface area contributed by atoms with Crippen molar-refractivity contribution in [3.63, 3.8) is 0 Å². The van der Waals surface area contributed by atoms with Crippen molar-refractivity contribution < 1.29 is 14.3 Å². The van der Waals surface area contributed by atoms with Crippen molar-refractivity contribution in [1.29, 1.82) is 0 Å². The van der Waals surface area contributed by atoms with E-state index in [4.69, 9.17) is 9.47 Å². The Morgan fingerprint density at radius 2 is 1.76 bits per heavy atom. The third-order valence-corrected chi connectivity index (χ3v) is 5.82. The van der Waals surface area contributed by atoms with Crippen LogP contribution in [-0.4, -0.2) is 75.7 Å². The number of hydrogen-bond donors (Lipinski definition) is 0. The number of nitrogens with zero attached hydrogens (tertiary/aromatic N) is 7. The lowest BCUT2D eigenvalue weighted by Gasteiger charge is -2.35. The molecule has 0 unspecified atom stereocenters. The van der Waals surface area contributed by atoms with E-state index in [2.05, 4.69) is 25.2 Å². The predicted octanol–water partition coefficient (Wildman–Crippen LogP) is 2.58. The third-order valence-electron chi connectivity index (χ3n) is 5.82. The Kier molecular flexibility index (Phi) is 5.94. The first-order chi connectivity index (χ1) is 16.7. The minimum atomic E-state index is -0.0259. The standard InChI is InChI=1S/C24H25N7O3/c1-3-34-20-7-5-4-6-19(20)24(32)30-14-12-29(13-15-30)22-21-23(26-16-25-22)31(28-27-21)17-8-10-18(33-2)11-9-17/h4-11,16H,3,12-15H2,1-2H3. The fourth-order valence-electron chi connectivity index (χ4n) is 4.08. The highest BCUT2D eigenvalue weighted by Crippen LogP contribution is 2.26. The number of hydrogen-bond acceptors (Lipinski definition) is 8. The fourth-order valence-corrected chi connectivity index (χ4v) is 4.08. The number of fused-ring (bicyclic) bond motifs is 1. The molecule has 3 heterocycles. The summed E-state index contributed by atoms with van der Waals surface area (Å²) < 4.78 is 12.6. The Morgan fingerprint density at radius 3 is 2.50 bits per heavy atom. The van der Waals surface area contributed by atoms with E-state index in [1.165, 1.54) is 6.33 Å². The molecule has 0 bridgehead atoms. The molecule has 1 saturated heterocycles. The number of rotatable bonds is 6. The van der Waals surface area contributed by atoms with Gasteiger partial charge in [0.1, 0.15) is 17.8 Å². The molecular weight excluding hydrogens is 434 g/mol. The molecule has 174 valence electrons. The second-order valence-electron chi connectivity index (χ2n) is 7.78. The number of anilines is 1. The zero-order valence-electron chi connectivity index (χ0n) is 19.1. The maximum absolute atomic E-state index is 13.1. The lowest BCUT2D eigenvalue weighted by atomic mass is 10.1. The molecule has 10 heteroatoms. The first-order valence-corrected chi connectivity index (χ1v) is 11.2. The van der Waals surface area contributed by atoms with Gasteiger partial charge in [0, 0.05) is 26.2 Å². The van der Waals surface area contributed by atoms with Crippen molar-refractivity contribution in [2.45, 2.75) is 6.92 Å². The van der Waals surface area contributed by atoms with Crippen LogP contribution in [0.25, 0.3) is 16.9 Å². The molecule has 10 nitrogen and oxygen atoms in total. The molecule has 2 aromatic carbocycles. The smallest absolute Gasteiger partial charge is 0.257 e. The van der Waals surface area contributed by atoms with E-state index in [0.29, 0.717) is 61.1 Å². The second kappa shape index (κ2) is 9.34. The maximum atomic E-state index is 13.1. The van der Waals surface area contributed by atoms with Gasteiger partial charge in [-0.1, -0.05) is 17.3 Å². The number of aromatic nitrogens is 5. The van der Waals surface area contributed by atoms with Gasteiger partial charge in [-0.3, -0.25) is 4.79 Å².